The van der Waals surface area contributed by atoms with E-state index in [0.29, 0.717) is 5.13 Å². The van der Waals surface area contributed by atoms with Crippen LogP contribution in [0.3, 0.4) is 0 Å². The summed E-state index contributed by atoms with van der Waals surface area (Å²) < 4.78 is 0. The predicted molar refractivity (Wildman–Crippen MR) is 97.5 cm³/mol. The molecule has 0 fully saturated rings. The highest BCUT2D eigenvalue weighted by Crippen LogP contribution is 2.33. The van der Waals surface area contributed by atoms with Crippen LogP contribution in [0.4, 0.5) is 5.13 Å². The van der Waals surface area contributed by atoms with Crippen molar-refractivity contribution in [3.63, 3.8) is 0 Å². The van der Waals surface area contributed by atoms with E-state index < -0.39 is 0 Å². The van der Waals surface area contributed by atoms with Gasteiger partial charge in [0.25, 0.3) is 0 Å². The van der Waals surface area contributed by atoms with E-state index in [0.717, 1.165) is 43.7 Å². The molecule has 2 heterocycles. The second kappa shape index (κ2) is 7.09. The van der Waals surface area contributed by atoms with Gasteiger partial charge in [-0.25, -0.2) is 4.98 Å². The highest BCUT2D eigenvalue weighted by molar-refractivity contribution is 7.15. The number of nitrogens with two attached hydrogens (primary N) is 1. The van der Waals surface area contributed by atoms with Crippen molar-refractivity contribution in [2.75, 3.05) is 25.4 Å². The van der Waals surface area contributed by atoms with Gasteiger partial charge < -0.3 is 10.8 Å². The number of anilines is 1. The molecule has 0 saturated carbocycles. The smallest absolute Gasteiger partial charge is 0.180 e. The number of halogens is 2. The minimum absolute atomic E-state index is 0.0732. The van der Waals surface area contributed by atoms with Gasteiger partial charge in [0, 0.05) is 30.9 Å². The van der Waals surface area contributed by atoms with Crippen LogP contribution >= 0.6 is 34.5 Å². The third kappa shape index (κ3) is 3.98. The molecule has 1 aliphatic heterocycles. The zero-order chi connectivity index (χ0) is 16.4. The van der Waals surface area contributed by atoms with Crippen LogP contribution < -0.4 is 5.73 Å². The Morgan fingerprint density at radius 2 is 1.96 bits per heavy atom. The van der Waals surface area contributed by atoms with Crippen LogP contribution in [0.2, 0.25) is 10.0 Å². The second-order valence-corrected chi connectivity index (χ2v) is 7.39. The number of fused-ring (bicyclic) bond motifs is 1. The van der Waals surface area contributed by atoms with Gasteiger partial charge in [-0.2, -0.15) is 0 Å². The molecule has 3 N–H and O–H groups in total. The third-order valence-corrected chi connectivity index (χ3v) is 5.39. The molecule has 7 heteroatoms. The Bertz CT molecular complexity index is 696. The molecule has 2 aromatic rings. The van der Waals surface area contributed by atoms with Crippen LogP contribution in [0.5, 0.6) is 5.75 Å². The van der Waals surface area contributed by atoms with Crippen LogP contribution in [0.15, 0.2) is 18.2 Å². The molecular weight excluding hydrogens is 353 g/mol. The van der Waals surface area contributed by atoms with Crippen LogP contribution in [-0.2, 0) is 12.8 Å². The van der Waals surface area contributed by atoms with Gasteiger partial charge >= 0.3 is 0 Å². The molecule has 23 heavy (non-hydrogen) atoms. The Hall–Kier alpha value is -1.27. The van der Waals surface area contributed by atoms with E-state index in [2.05, 4.69) is 16.0 Å². The zero-order valence-corrected chi connectivity index (χ0v) is 14.8. The maximum Gasteiger partial charge on any atom is 0.180 e. The number of aromatic nitrogens is 1. The average molecular weight is 370 g/mol. The minimum atomic E-state index is -0.0732. The van der Waals surface area contributed by atoms with Gasteiger partial charge in [-0.3, -0.25) is 4.90 Å². The van der Waals surface area contributed by atoms with Gasteiger partial charge in [0.15, 0.2) is 10.9 Å². The number of hydrogen-bond acceptors (Lipinski definition) is 5. The molecule has 4 nitrogen and oxygen atoms in total. The molecule has 0 atom stereocenters. The second-order valence-electron chi connectivity index (χ2n) is 5.46. The molecule has 1 aliphatic rings. The van der Waals surface area contributed by atoms with E-state index in [1.165, 1.54) is 4.88 Å². The summed E-state index contributed by atoms with van der Waals surface area (Å²) in [5, 5.41) is 10.8. The van der Waals surface area contributed by atoms with Gasteiger partial charge in [0.05, 0.1) is 15.7 Å². The van der Waals surface area contributed by atoms with Crippen molar-refractivity contribution in [3.8, 4) is 5.75 Å². The van der Waals surface area contributed by atoms with E-state index in [1.54, 1.807) is 23.5 Å². The Morgan fingerprint density at radius 3 is 2.70 bits per heavy atom. The molecule has 1 aromatic carbocycles. The molecule has 122 valence electrons. The lowest BCUT2D eigenvalue weighted by atomic mass is 10.2. The summed E-state index contributed by atoms with van der Waals surface area (Å²) in [4.78, 5) is 8.09. The molecule has 0 unspecified atom stereocenters. The third-order valence-electron chi connectivity index (χ3n) is 3.83. The standard InChI is InChI=1S/C16H17Cl2N3OS/c17-11-8-10(9-12(18)15(11)22)2-1-5-21-6-3-13-14(4-7-21)23-16(19)20-13/h1-2,8-9,22H,3-7H2,(H2,19,20)/b2-1+. The first-order valence-electron chi connectivity index (χ1n) is 7.34. The van der Waals surface area contributed by atoms with E-state index in [1.807, 2.05) is 6.08 Å². The lowest BCUT2D eigenvalue weighted by Gasteiger charge is -2.17. The van der Waals surface area contributed by atoms with Gasteiger partial charge in [0.1, 0.15) is 0 Å². The number of phenols is 1. The fourth-order valence-corrected chi connectivity index (χ4v) is 4.00. The van der Waals surface area contributed by atoms with E-state index in [-0.39, 0.29) is 15.8 Å². The first-order chi connectivity index (χ1) is 11.0. The largest absolute Gasteiger partial charge is 0.505 e. The number of phenolic OH excluding ortho intramolecular Hbond substituents is 1. The summed E-state index contributed by atoms with van der Waals surface area (Å²) in [5.74, 6) is -0.0732. The van der Waals surface area contributed by atoms with E-state index in [4.69, 9.17) is 28.9 Å². The number of thiazole rings is 1. The Labute approximate surface area is 149 Å². The summed E-state index contributed by atoms with van der Waals surface area (Å²) in [6.07, 6.45) is 5.98. The molecule has 1 aromatic heterocycles. The highest BCUT2D eigenvalue weighted by Gasteiger charge is 2.16. The Balaban J connectivity index is 1.60. The van der Waals surface area contributed by atoms with Crippen molar-refractivity contribution < 1.29 is 5.11 Å². The lowest BCUT2D eigenvalue weighted by molar-refractivity contribution is 0.318. The maximum atomic E-state index is 9.57. The zero-order valence-electron chi connectivity index (χ0n) is 12.4. The van der Waals surface area contributed by atoms with Gasteiger partial charge in [-0.05, 0) is 24.1 Å². The molecule has 3 rings (SSSR count). The molecule has 0 saturated heterocycles. The topological polar surface area (TPSA) is 62.4 Å². The van der Waals surface area contributed by atoms with Crippen molar-refractivity contribution in [2.24, 2.45) is 0 Å². The quantitative estimate of drug-likeness (QED) is 0.862. The normalized spacial score (nSPS) is 15.7. The molecular formula is C16H17Cl2N3OS. The highest BCUT2D eigenvalue weighted by atomic mass is 35.5. The summed E-state index contributed by atoms with van der Waals surface area (Å²) in [6, 6.07) is 3.40. The fraction of sp³-hybridized carbons (Fsp3) is 0.312. The van der Waals surface area contributed by atoms with Gasteiger partial charge in [-0.1, -0.05) is 35.4 Å². The van der Waals surface area contributed by atoms with Crippen LogP contribution in [-0.4, -0.2) is 34.6 Å². The van der Waals surface area contributed by atoms with Gasteiger partial charge in [0.2, 0.25) is 0 Å². The number of benzene rings is 1. The van der Waals surface area contributed by atoms with Crippen molar-refractivity contribution in [3.05, 3.63) is 44.4 Å². The van der Waals surface area contributed by atoms with Crippen molar-refractivity contribution in [1.29, 1.82) is 0 Å². The Morgan fingerprint density at radius 1 is 1.26 bits per heavy atom. The summed E-state index contributed by atoms with van der Waals surface area (Å²) >= 11 is 13.5. The summed E-state index contributed by atoms with van der Waals surface area (Å²) in [7, 11) is 0. The number of nitrogens with zero attached hydrogens (tertiary/aromatic N) is 2. The van der Waals surface area contributed by atoms with Crippen molar-refractivity contribution in [1.82, 2.24) is 9.88 Å². The maximum absolute atomic E-state index is 9.57. The van der Waals surface area contributed by atoms with Crippen LogP contribution in [0.25, 0.3) is 6.08 Å². The molecule has 0 radical (unpaired) electrons. The Kier molecular flexibility index (Phi) is 5.11. The number of aromatic hydroxyl groups is 1. The first-order valence-corrected chi connectivity index (χ1v) is 8.91. The van der Waals surface area contributed by atoms with Crippen molar-refractivity contribution in [2.45, 2.75) is 12.8 Å². The van der Waals surface area contributed by atoms with Crippen LogP contribution in [0, 0.1) is 0 Å². The predicted octanol–water partition coefficient (Wildman–Crippen LogP) is 3.85. The lowest BCUT2D eigenvalue weighted by Crippen LogP contribution is -2.26. The molecule has 0 amide bonds. The number of hydrogen-bond donors (Lipinski definition) is 2. The SMILES string of the molecule is Nc1nc2c(s1)CCN(C/C=C/c1cc(Cl)c(O)c(Cl)c1)CC2. The molecule has 0 aliphatic carbocycles. The molecule has 0 bridgehead atoms. The number of rotatable bonds is 3. The monoisotopic (exact) mass is 369 g/mol. The van der Waals surface area contributed by atoms with Gasteiger partial charge in [-0.15, -0.1) is 11.3 Å². The van der Waals surface area contributed by atoms with Crippen LogP contribution in [0.1, 0.15) is 16.1 Å². The summed E-state index contributed by atoms with van der Waals surface area (Å²) in [5.41, 5.74) is 7.79. The fourth-order valence-electron chi connectivity index (χ4n) is 2.63. The average Bonchev–Trinajstić information content (AvgIpc) is 2.76. The molecule has 0 spiro atoms. The first kappa shape index (κ1) is 16.6. The summed E-state index contributed by atoms with van der Waals surface area (Å²) in [6.45, 7) is 2.81. The van der Waals surface area contributed by atoms with E-state index in [9.17, 15) is 5.11 Å². The van der Waals surface area contributed by atoms with E-state index >= 15 is 0 Å². The minimum Gasteiger partial charge on any atom is -0.505 e. The number of nitrogen functional groups attached to an aromatic ring is 1. The van der Waals surface area contributed by atoms with Crippen molar-refractivity contribution >= 4 is 45.7 Å².